The fourth-order valence-electron chi connectivity index (χ4n) is 1.17. The van der Waals surface area contributed by atoms with Crippen LogP contribution >= 0.6 is 0 Å². The van der Waals surface area contributed by atoms with Gasteiger partial charge in [0.1, 0.15) is 0 Å². The average molecular weight is 259 g/mol. The number of hydrogen-bond acceptors (Lipinski definition) is 5. The molecule has 0 saturated carbocycles. The summed E-state index contributed by atoms with van der Waals surface area (Å²) in [5, 5.41) is 10.6. The molecule has 0 radical (unpaired) electrons. The quantitative estimate of drug-likeness (QED) is 0.828. The van der Waals surface area contributed by atoms with Crippen LogP contribution in [0.2, 0.25) is 0 Å². The maximum atomic E-state index is 12.4. The van der Waals surface area contributed by atoms with E-state index < -0.39 is 11.7 Å². The van der Waals surface area contributed by atoms with Gasteiger partial charge in [-0.15, -0.1) is 5.10 Å². The molecule has 0 aliphatic rings. The van der Waals surface area contributed by atoms with Crippen LogP contribution < -0.4 is 4.74 Å². The topological polar surface area (TPSA) is 65.7 Å². The summed E-state index contributed by atoms with van der Waals surface area (Å²) in [6, 6.07) is 1.69. The molecule has 18 heavy (non-hydrogen) atoms. The largest absolute Gasteiger partial charge is 0.469 e. The third kappa shape index (κ3) is 2.73. The van der Waals surface area contributed by atoms with E-state index in [4.69, 9.17) is 4.74 Å². The molecule has 0 N–H and O–H groups in total. The lowest BCUT2D eigenvalue weighted by molar-refractivity contribution is -0.137. The van der Waals surface area contributed by atoms with Gasteiger partial charge in [0.25, 0.3) is 0 Å². The highest BCUT2D eigenvalue weighted by Gasteiger charge is 2.30. The molecule has 0 unspecified atom stereocenters. The predicted octanol–water partition coefficient (Wildman–Crippen LogP) is 1.20. The van der Waals surface area contributed by atoms with E-state index in [9.17, 15) is 13.2 Å². The van der Waals surface area contributed by atoms with E-state index in [0.717, 1.165) is 18.3 Å². The predicted molar refractivity (Wildman–Crippen MR) is 52.4 cm³/mol. The third-order valence-corrected chi connectivity index (χ3v) is 2.12. The third-order valence-electron chi connectivity index (χ3n) is 2.12. The molecule has 0 saturated heterocycles. The Morgan fingerprint density at radius 3 is 2.78 bits per heavy atom. The second kappa shape index (κ2) is 4.59. The molecule has 2 aromatic heterocycles. The lowest BCUT2D eigenvalue weighted by atomic mass is 10.2. The Bertz CT molecular complexity index is 539. The minimum atomic E-state index is -4.42. The number of halogens is 3. The number of nitrogens with zero attached hydrogens (tertiary/aromatic N) is 5. The number of rotatable bonds is 3. The number of ether oxygens (including phenoxy) is 1. The molecule has 2 heterocycles. The van der Waals surface area contributed by atoms with Crippen LogP contribution in [0.4, 0.5) is 13.2 Å². The average Bonchev–Trinajstić information content (AvgIpc) is 2.72. The van der Waals surface area contributed by atoms with Gasteiger partial charge >= 0.3 is 6.18 Å². The Hall–Kier alpha value is -2.19. The zero-order valence-corrected chi connectivity index (χ0v) is 9.22. The summed E-state index contributed by atoms with van der Waals surface area (Å²) in [5.41, 5.74) is -0.816. The van der Waals surface area contributed by atoms with Gasteiger partial charge in [-0.25, -0.2) is 9.67 Å². The van der Waals surface area contributed by atoms with Crippen molar-refractivity contribution < 1.29 is 17.9 Å². The Morgan fingerprint density at radius 2 is 2.17 bits per heavy atom. The molecule has 96 valence electrons. The lowest BCUT2D eigenvalue weighted by Crippen LogP contribution is -2.08. The SMILES string of the molecule is Cn1nnnc1COc1cc(C(F)(F)F)ccn1. The Kier molecular flexibility index (Phi) is 3.13. The van der Waals surface area contributed by atoms with Gasteiger partial charge in [0.15, 0.2) is 12.4 Å². The van der Waals surface area contributed by atoms with Gasteiger partial charge in [-0.1, -0.05) is 0 Å². The van der Waals surface area contributed by atoms with Crippen molar-refractivity contribution in [3.8, 4) is 5.88 Å². The number of pyridine rings is 1. The van der Waals surface area contributed by atoms with Crippen LogP contribution in [0, 0.1) is 0 Å². The van der Waals surface area contributed by atoms with E-state index >= 15 is 0 Å². The van der Waals surface area contributed by atoms with Crippen molar-refractivity contribution in [3.63, 3.8) is 0 Å². The zero-order valence-electron chi connectivity index (χ0n) is 9.22. The molecule has 0 aliphatic carbocycles. The van der Waals surface area contributed by atoms with E-state index in [1.807, 2.05) is 0 Å². The first-order chi connectivity index (χ1) is 8.47. The van der Waals surface area contributed by atoms with Gasteiger partial charge < -0.3 is 4.74 Å². The van der Waals surface area contributed by atoms with Gasteiger partial charge in [0.05, 0.1) is 5.56 Å². The highest BCUT2D eigenvalue weighted by molar-refractivity contribution is 5.22. The summed E-state index contributed by atoms with van der Waals surface area (Å²) in [6.45, 7) is -0.0577. The minimum absolute atomic E-state index is 0.0577. The number of aryl methyl sites for hydroxylation is 1. The standard InChI is InChI=1S/C9H8F3N5O/c1-17-7(14-15-16-17)5-18-8-4-6(2-3-13-8)9(10,11)12/h2-4H,5H2,1H3. The molecule has 9 heteroatoms. The molecule has 0 aliphatic heterocycles. The van der Waals surface area contributed by atoms with E-state index in [1.54, 1.807) is 7.05 Å². The summed E-state index contributed by atoms with van der Waals surface area (Å²) in [7, 11) is 1.60. The van der Waals surface area contributed by atoms with Crippen LogP contribution in [-0.4, -0.2) is 25.2 Å². The van der Waals surface area contributed by atoms with Gasteiger partial charge in [-0.05, 0) is 16.5 Å². The molecule has 0 spiro atoms. The van der Waals surface area contributed by atoms with Crippen molar-refractivity contribution in [1.82, 2.24) is 25.2 Å². The maximum absolute atomic E-state index is 12.4. The van der Waals surface area contributed by atoms with Crippen molar-refractivity contribution in [3.05, 3.63) is 29.7 Å². The summed E-state index contributed by atoms with van der Waals surface area (Å²) < 4.78 is 43.7. The molecular weight excluding hydrogens is 251 g/mol. The number of tetrazole rings is 1. The summed E-state index contributed by atoms with van der Waals surface area (Å²) in [5.74, 6) is 0.252. The number of alkyl halides is 3. The van der Waals surface area contributed by atoms with Crippen molar-refractivity contribution in [2.75, 3.05) is 0 Å². The zero-order chi connectivity index (χ0) is 13.2. The highest BCUT2D eigenvalue weighted by atomic mass is 19.4. The first-order valence-electron chi connectivity index (χ1n) is 4.84. The van der Waals surface area contributed by atoms with E-state index in [1.165, 1.54) is 4.68 Å². The molecule has 2 aromatic rings. The van der Waals surface area contributed by atoms with Gasteiger partial charge in [-0.3, -0.25) is 0 Å². The van der Waals surface area contributed by atoms with Crippen molar-refractivity contribution >= 4 is 0 Å². The maximum Gasteiger partial charge on any atom is 0.416 e. The van der Waals surface area contributed by atoms with Crippen LogP contribution in [0.1, 0.15) is 11.4 Å². The first kappa shape index (κ1) is 12.3. The minimum Gasteiger partial charge on any atom is -0.469 e. The molecule has 0 atom stereocenters. The van der Waals surface area contributed by atoms with Crippen molar-refractivity contribution in [2.45, 2.75) is 12.8 Å². The molecule has 0 aromatic carbocycles. The fraction of sp³-hybridized carbons (Fsp3) is 0.333. The van der Waals surface area contributed by atoms with Crippen LogP contribution in [0.3, 0.4) is 0 Å². The highest BCUT2D eigenvalue weighted by Crippen LogP contribution is 2.30. The normalized spacial score (nSPS) is 11.6. The van der Waals surface area contributed by atoms with Gasteiger partial charge in [0.2, 0.25) is 5.88 Å². The van der Waals surface area contributed by atoms with E-state index in [2.05, 4.69) is 20.5 Å². The molecule has 0 bridgehead atoms. The number of aromatic nitrogens is 5. The number of hydrogen-bond donors (Lipinski definition) is 0. The molecular formula is C9H8F3N5O. The lowest BCUT2D eigenvalue weighted by Gasteiger charge is -2.08. The molecule has 2 rings (SSSR count). The van der Waals surface area contributed by atoms with Crippen LogP contribution in [-0.2, 0) is 19.8 Å². The smallest absolute Gasteiger partial charge is 0.416 e. The monoisotopic (exact) mass is 259 g/mol. The van der Waals surface area contributed by atoms with Crippen LogP contribution in [0.5, 0.6) is 5.88 Å². The van der Waals surface area contributed by atoms with E-state index in [0.29, 0.717) is 5.82 Å². The van der Waals surface area contributed by atoms with Crippen molar-refractivity contribution in [2.24, 2.45) is 7.05 Å². The van der Waals surface area contributed by atoms with Gasteiger partial charge in [0, 0.05) is 19.3 Å². The second-order valence-electron chi connectivity index (χ2n) is 3.39. The van der Waals surface area contributed by atoms with Crippen LogP contribution in [0.15, 0.2) is 18.3 Å². The summed E-state index contributed by atoms with van der Waals surface area (Å²) in [4.78, 5) is 3.68. The van der Waals surface area contributed by atoms with Gasteiger partial charge in [-0.2, -0.15) is 13.2 Å². The van der Waals surface area contributed by atoms with E-state index in [-0.39, 0.29) is 12.5 Å². The Labute approximate surface area is 99.4 Å². The summed E-state index contributed by atoms with van der Waals surface area (Å²) >= 11 is 0. The molecule has 0 fully saturated rings. The summed E-state index contributed by atoms with van der Waals surface area (Å²) in [6.07, 6.45) is -3.39. The molecule has 6 nitrogen and oxygen atoms in total. The second-order valence-corrected chi connectivity index (χ2v) is 3.39. The fourth-order valence-corrected chi connectivity index (χ4v) is 1.17. The Balaban J connectivity index is 2.09. The molecule has 0 amide bonds. The Morgan fingerprint density at radius 1 is 1.39 bits per heavy atom. The first-order valence-corrected chi connectivity index (χ1v) is 4.84. The van der Waals surface area contributed by atoms with Crippen LogP contribution in [0.25, 0.3) is 0 Å². The van der Waals surface area contributed by atoms with Crippen molar-refractivity contribution in [1.29, 1.82) is 0 Å².